The van der Waals surface area contributed by atoms with Crippen LogP contribution in [0.15, 0.2) is 0 Å². The molecule has 0 spiro atoms. The van der Waals surface area contributed by atoms with Gasteiger partial charge in [0.2, 0.25) is 0 Å². The Labute approximate surface area is 120 Å². The van der Waals surface area contributed by atoms with E-state index in [9.17, 15) is 5.11 Å². The number of aliphatic hydroxyl groups excluding tert-OH is 1. The summed E-state index contributed by atoms with van der Waals surface area (Å²) in [4.78, 5) is 5.82. The molecule has 0 unspecified atom stereocenters. The minimum atomic E-state index is 0.287. The maximum Gasteiger partial charge on any atom is 0.0900 e. The van der Waals surface area contributed by atoms with Gasteiger partial charge in [-0.05, 0) is 39.0 Å². The van der Waals surface area contributed by atoms with E-state index in [0.717, 1.165) is 29.6 Å². The average Bonchev–Trinajstić information content (AvgIpc) is 2.74. The van der Waals surface area contributed by atoms with E-state index in [1.807, 2.05) is 0 Å². The van der Waals surface area contributed by atoms with Gasteiger partial charge in [0.05, 0.1) is 10.7 Å². The van der Waals surface area contributed by atoms with Crippen molar-refractivity contribution < 1.29 is 5.11 Å². The van der Waals surface area contributed by atoms with Gasteiger partial charge in [0, 0.05) is 24.1 Å². The molecule has 1 aromatic heterocycles. The topological polar surface area (TPSA) is 45.2 Å². The lowest BCUT2D eigenvalue weighted by atomic mass is 9.83. The second-order valence-electron chi connectivity index (χ2n) is 5.64. The molecular formula is C15H26N2OS. The number of hydrogen-bond acceptors (Lipinski definition) is 4. The molecular weight excluding hydrogens is 256 g/mol. The van der Waals surface area contributed by atoms with Crippen LogP contribution in [0.3, 0.4) is 0 Å². The van der Waals surface area contributed by atoms with Crippen LogP contribution in [0.2, 0.25) is 0 Å². The number of aliphatic hydroxyl groups is 1. The van der Waals surface area contributed by atoms with Gasteiger partial charge in [-0.15, -0.1) is 11.3 Å². The third-order valence-corrected chi connectivity index (χ3v) is 5.26. The highest BCUT2D eigenvalue weighted by Gasteiger charge is 2.23. The molecule has 0 radical (unpaired) electrons. The maximum atomic E-state index is 9.27. The van der Waals surface area contributed by atoms with Gasteiger partial charge in [-0.25, -0.2) is 4.98 Å². The molecule has 4 heteroatoms. The molecule has 19 heavy (non-hydrogen) atoms. The molecule has 1 atom stereocenters. The molecule has 0 aliphatic heterocycles. The van der Waals surface area contributed by atoms with Crippen LogP contribution in [0.25, 0.3) is 0 Å². The Bertz CT molecular complexity index is 385. The third-order valence-electron chi connectivity index (χ3n) is 4.18. The third kappa shape index (κ3) is 4.26. The first-order valence-electron chi connectivity index (χ1n) is 7.48. The van der Waals surface area contributed by atoms with Crippen LogP contribution in [0.5, 0.6) is 0 Å². The van der Waals surface area contributed by atoms with Crippen LogP contribution in [-0.4, -0.2) is 22.7 Å². The second kappa shape index (κ2) is 7.36. The predicted molar refractivity (Wildman–Crippen MR) is 80.5 cm³/mol. The van der Waals surface area contributed by atoms with Crippen LogP contribution < -0.4 is 5.32 Å². The Morgan fingerprint density at radius 2 is 2.05 bits per heavy atom. The normalized spacial score (nSPS) is 18.7. The van der Waals surface area contributed by atoms with Crippen LogP contribution in [-0.2, 0) is 6.54 Å². The molecule has 1 aliphatic rings. The van der Waals surface area contributed by atoms with Crippen molar-refractivity contribution in [2.75, 3.05) is 6.61 Å². The zero-order chi connectivity index (χ0) is 13.7. The molecule has 2 rings (SSSR count). The number of nitrogens with zero attached hydrogens (tertiary/aromatic N) is 1. The van der Waals surface area contributed by atoms with E-state index in [1.165, 1.54) is 37.0 Å². The highest BCUT2D eigenvalue weighted by molar-refractivity contribution is 7.11. The molecule has 2 N–H and O–H groups in total. The minimum Gasteiger partial charge on any atom is -0.396 e. The van der Waals surface area contributed by atoms with Gasteiger partial charge in [-0.1, -0.05) is 19.3 Å². The van der Waals surface area contributed by atoms with Crippen molar-refractivity contribution in [1.29, 1.82) is 0 Å². The quantitative estimate of drug-likeness (QED) is 0.842. The molecule has 1 fully saturated rings. The van der Waals surface area contributed by atoms with Crippen molar-refractivity contribution in [3.05, 3.63) is 15.6 Å². The molecule has 108 valence electrons. The summed E-state index contributed by atoms with van der Waals surface area (Å²) >= 11 is 1.78. The Kier molecular flexibility index (Phi) is 5.79. The van der Waals surface area contributed by atoms with Crippen LogP contribution in [0, 0.1) is 19.8 Å². The average molecular weight is 282 g/mol. The lowest BCUT2D eigenvalue weighted by Crippen LogP contribution is -2.37. The van der Waals surface area contributed by atoms with E-state index in [0.29, 0.717) is 6.04 Å². The molecule has 1 aliphatic carbocycles. The fraction of sp³-hybridized carbons (Fsp3) is 0.800. The van der Waals surface area contributed by atoms with Gasteiger partial charge in [0.15, 0.2) is 0 Å². The highest BCUT2D eigenvalue weighted by atomic mass is 32.1. The number of hydrogen-bond donors (Lipinski definition) is 2. The lowest BCUT2D eigenvalue weighted by Gasteiger charge is -2.30. The second-order valence-corrected chi connectivity index (χ2v) is 6.93. The number of aromatic nitrogens is 1. The Balaban J connectivity index is 1.90. The van der Waals surface area contributed by atoms with Gasteiger partial charge < -0.3 is 10.4 Å². The number of rotatable bonds is 6. The number of thiazole rings is 1. The summed E-state index contributed by atoms with van der Waals surface area (Å²) in [6.07, 6.45) is 7.60. The van der Waals surface area contributed by atoms with E-state index in [2.05, 4.69) is 24.1 Å². The smallest absolute Gasteiger partial charge is 0.0900 e. The van der Waals surface area contributed by atoms with Crippen LogP contribution in [0.4, 0.5) is 0 Å². The molecule has 1 heterocycles. The van der Waals surface area contributed by atoms with Gasteiger partial charge in [0.25, 0.3) is 0 Å². The van der Waals surface area contributed by atoms with E-state index in [-0.39, 0.29) is 6.61 Å². The van der Waals surface area contributed by atoms with E-state index < -0.39 is 0 Å². The van der Waals surface area contributed by atoms with E-state index in [4.69, 9.17) is 0 Å². The van der Waals surface area contributed by atoms with Crippen molar-refractivity contribution in [3.63, 3.8) is 0 Å². The summed E-state index contributed by atoms with van der Waals surface area (Å²) in [5.74, 6) is 0.746. The Morgan fingerprint density at radius 3 is 2.63 bits per heavy atom. The van der Waals surface area contributed by atoms with E-state index in [1.54, 1.807) is 11.3 Å². The number of aryl methyl sites for hydroxylation is 2. The zero-order valence-electron chi connectivity index (χ0n) is 12.1. The van der Waals surface area contributed by atoms with E-state index >= 15 is 0 Å². The van der Waals surface area contributed by atoms with Crippen LogP contribution in [0.1, 0.15) is 54.1 Å². The summed E-state index contributed by atoms with van der Waals surface area (Å²) in [5.41, 5.74) is 1.15. The summed E-state index contributed by atoms with van der Waals surface area (Å²) in [6, 6.07) is 0.465. The number of nitrogens with one attached hydrogen (secondary N) is 1. The van der Waals surface area contributed by atoms with Gasteiger partial charge in [-0.2, -0.15) is 0 Å². The summed E-state index contributed by atoms with van der Waals surface area (Å²) < 4.78 is 0. The molecule has 1 saturated carbocycles. The largest absolute Gasteiger partial charge is 0.396 e. The summed E-state index contributed by atoms with van der Waals surface area (Å²) in [6.45, 7) is 5.34. The Morgan fingerprint density at radius 1 is 1.32 bits per heavy atom. The molecule has 1 aromatic rings. The highest BCUT2D eigenvalue weighted by Crippen LogP contribution is 2.28. The molecule has 0 amide bonds. The monoisotopic (exact) mass is 282 g/mol. The zero-order valence-corrected chi connectivity index (χ0v) is 12.9. The minimum absolute atomic E-state index is 0.287. The molecule has 3 nitrogen and oxygen atoms in total. The predicted octanol–water partition coefficient (Wildman–Crippen LogP) is 3.18. The van der Waals surface area contributed by atoms with Crippen LogP contribution >= 0.6 is 11.3 Å². The molecule has 0 aromatic carbocycles. The first-order chi connectivity index (χ1) is 9.20. The fourth-order valence-electron chi connectivity index (χ4n) is 3.14. The van der Waals surface area contributed by atoms with Gasteiger partial charge in [0.1, 0.15) is 0 Å². The Hall–Kier alpha value is -0.450. The van der Waals surface area contributed by atoms with Crippen molar-refractivity contribution in [3.8, 4) is 0 Å². The fourth-order valence-corrected chi connectivity index (χ4v) is 4.03. The molecule has 0 saturated heterocycles. The van der Waals surface area contributed by atoms with Crippen molar-refractivity contribution in [1.82, 2.24) is 10.3 Å². The SMILES string of the molecule is Cc1nc(C)c(CN[C@H](CCO)C2CCCCC2)s1. The lowest BCUT2D eigenvalue weighted by molar-refractivity contribution is 0.206. The molecule has 0 bridgehead atoms. The summed E-state index contributed by atoms with van der Waals surface area (Å²) in [5, 5.41) is 14.1. The maximum absolute atomic E-state index is 9.27. The summed E-state index contributed by atoms with van der Waals surface area (Å²) in [7, 11) is 0. The standard InChI is InChI=1S/C15H26N2OS/c1-11-15(19-12(2)17-11)10-16-14(8-9-18)13-6-4-3-5-7-13/h13-14,16,18H,3-10H2,1-2H3/t14-/m1/s1. The van der Waals surface area contributed by atoms with Crippen molar-refractivity contribution in [2.24, 2.45) is 5.92 Å². The van der Waals surface area contributed by atoms with Crippen molar-refractivity contribution in [2.45, 2.75) is 65.0 Å². The first-order valence-corrected chi connectivity index (χ1v) is 8.29. The van der Waals surface area contributed by atoms with Crippen molar-refractivity contribution >= 4 is 11.3 Å². The van der Waals surface area contributed by atoms with Gasteiger partial charge in [-0.3, -0.25) is 0 Å². The first kappa shape index (κ1) is 14.9. The van der Waals surface area contributed by atoms with Gasteiger partial charge >= 0.3 is 0 Å².